The highest BCUT2D eigenvalue weighted by molar-refractivity contribution is 6.06. The van der Waals surface area contributed by atoms with Gasteiger partial charge in [-0.1, -0.05) is 12.1 Å². The Kier molecular flexibility index (Phi) is 4.49. The second-order valence-corrected chi connectivity index (χ2v) is 6.96. The molecule has 1 atom stereocenters. The van der Waals surface area contributed by atoms with Crippen molar-refractivity contribution in [2.24, 2.45) is 5.92 Å². The monoisotopic (exact) mass is 331 g/mol. The average Bonchev–Trinajstić information content (AvgIpc) is 2.81. The molecule has 6 heteroatoms. The summed E-state index contributed by atoms with van der Waals surface area (Å²) in [4.78, 5) is 25.9. The van der Waals surface area contributed by atoms with E-state index in [0.717, 1.165) is 43.8 Å². The van der Waals surface area contributed by atoms with Gasteiger partial charge in [-0.3, -0.25) is 15.0 Å². The quantitative estimate of drug-likeness (QED) is 0.826. The van der Waals surface area contributed by atoms with Crippen molar-refractivity contribution in [2.45, 2.75) is 38.8 Å². The first kappa shape index (κ1) is 16.8. The number of imide groups is 1. The van der Waals surface area contributed by atoms with Gasteiger partial charge < -0.3 is 10.1 Å². The Labute approximate surface area is 142 Å². The topological polar surface area (TPSA) is 70.7 Å². The first-order chi connectivity index (χ1) is 11.4. The molecule has 0 aromatic heterocycles. The first-order valence-electron chi connectivity index (χ1n) is 8.42. The molecule has 0 spiro atoms. The second-order valence-electron chi connectivity index (χ2n) is 6.96. The summed E-state index contributed by atoms with van der Waals surface area (Å²) in [5, 5.41) is 5.16. The average molecular weight is 331 g/mol. The molecule has 0 saturated carbocycles. The van der Waals surface area contributed by atoms with Crippen LogP contribution in [0.2, 0.25) is 0 Å². The van der Waals surface area contributed by atoms with E-state index in [1.165, 1.54) is 5.56 Å². The molecule has 6 nitrogen and oxygen atoms in total. The molecule has 0 aliphatic carbocycles. The van der Waals surface area contributed by atoms with Crippen molar-refractivity contribution in [3.05, 3.63) is 29.3 Å². The van der Waals surface area contributed by atoms with E-state index < -0.39 is 5.54 Å². The van der Waals surface area contributed by atoms with Crippen LogP contribution in [0.25, 0.3) is 0 Å². The molecule has 3 rings (SSSR count). The maximum absolute atomic E-state index is 12.1. The van der Waals surface area contributed by atoms with Crippen molar-refractivity contribution in [2.75, 3.05) is 20.2 Å². The number of piperidine rings is 1. The normalized spacial score (nSPS) is 25.5. The van der Waals surface area contributed by atoms with E-state index in [9.17, 15) is 9.59 Å². The molecule has 1 aromatic rings. The van der Waals surface area contributed by atoms with Crippen LogP contribution in [-0.2, 0) is 11.3 Å². The summed E-state index contributed by atoms with van der Waals surface area (Å²) >= 11 is 0. The van der Waals surface area contributed by atoms with E-state index in [1.807, 2.05) is 13.0 Å². The summed E-state index contributed by atoms with van der Waals surface area (Å²) in [5.74, 6) is 0.892. The maximum Gasteiger partial charge on any atom is 0.322 e. The highest BCUT2D eigenvalue weighted by atomic mass is 16.5. The van der Waals surface area contributed by atoms with Crippen LogP contribution in [0.5, 0.6) is 5.75 Å². The minimum atomic E-state index is -0.764. The SMILES string of the molecule is COc1ccc(CN2CCC(C3(C)NC(=O)NC3=O)CC2)cc1C. The molecular formula is C18H25N3O3. The van der Waals surface area contributed by atoms with Gasteiger partial charge in [-0.05, 0) is 62.9 Å². The highest BCUT2D eigenvalue weighted by Gasteiger charge is 2.48. The highest BCUT2D eigenvalue weighted by Crippen LogP contribution is 2.31. The summed E-state index contributed by atoms with van der Waals surface area (Å²) in [5.41, 5.74) is 1.65. The minimum Gasteiger partial charge on any atom is -0.496 e. The number of likely N-dealkylation sites (tertiary alicyclic amines) is 1. The fourth-order valence-electron chi connectivity index (χ4n) is 3.81. The van der Waals surface area contributed by atoms with Crippen LogP contribution in [0.4, 0.5) is 4.79 Å². The standard InChI is InChI=1S/C18H25N3O3/c1-12-10-13(4-5-15(12)24-3)11-21-8-6-14(7-9-21)18(2)16(22)19-17(23)20-18/h4-5,10,14H,6-9,11H2,1-3H3,(H2,19,20,22,23). The molecule has 2 heterocycles. The van der Waals surface area contributed by atoms with Crippen LogP contribution in [-0.4, -0.2) is 42.6 Å². The first-order valence-corrected chi connectivity index (χ1v) is 8.42. The predicted octanol–water partition coefficient (Wildman–Crippen LogP) is 1.81. The molecule has 130 valence electrons. The maximum atomic E-state index is 12.1. The molecule has 24 heavy (non-hydrogen) atoms. The van der Waals surface area contributed by atoms with Crippen molar-refractivity contribution >= 4 is 11.9 Å². The van der Waals surface area contributed by atoms with Crippen molar-refractivity contribution in [3.8, 4) is 5.75 Å². The van der Waals surface area contributed by atoms with Gasteiger partial charge in [0.2, 0.25) is 0 Å². The molecule has 2 N–H and O–H groups in total. The number of nitrogens with one attached hydrogen (secondary N) is 2. The third kappa shape index (κ3) is 3.11. The largest absolute Gasteiger partial charge is 0.496 e. The minimum absolute atomic E-state index is 0.179. The van der Waals surface area contributed by atoms with Gasteiger partial charge in [-0.15, -0.1) is 0 Å². The number of benzene rings is 1. The Bertz CT molecular complexity index is 653. The van der Waals surface area contributed by atoms with Crippen LogP contribution in [0.15, 0.2) is 18.2 Å². The van der Waals surface area contributed by atoms with Crippen LogP contribution in [0, 0.1) is 12.8 Å². The molecule has 2 aliphatic heterocycles. The number of amides is 3. The van der Waals surface area contributed by atoms with Crippen molar-refractivity contribution < 1.29 is 14.3 Å². The summed E-state index contributed by atoms with van der Waals surface area (Å²) in [6, 6.07) is 5.90. The van der Waals surface area contributed by atoms with E-state index in [4.69, 9.17) is 4.74 Å². The Balaban J connectivity index is 1.58. The lowest BCUT2D eigenvalue weighted by Gasteiger charge is -2.38. The molecule has 0 radical (unpaired) electrons. The number of carbonyl (C=O) groups is 2. The summed E-state index contributed by atoms with van der Waals surface area (Å²) in [6.07, 6.45) is 1.80. The van der Waals surface area contributed by atoms with Crippen LogP contribution in [0.1, 0.15) is 30.9 Å². The molecule has 1 aromatic carbocycles. The fraction of sp³-hybridized carbons (Fsp3) is 0.556. The zero-order valence-electron chi connectivity index (χ0n) is 14.5. The molecule has 3 amide bonds. The van der Waals surface area contributed by atoms with Gasteiger partial charge in [0.15, 0.2) is 0 Å². The van der Waals surface area contributed by atoms with Gasteiger partial charge in [0, 0.05) is 6.54 Å². The molecule has 2 aliphatic rings. The van der Waals surface area contributed by atoms with Gasteiger partial charge in [0.05, 0.1) is 7.11 Å². The molecule has 0 bridgehead atoms. The Morgan fingerprint density at radius 3 is 2.54 bits per heavy atom. The number of rotatable bonds is 4. The van der Waals surface area contributed by atoms with Crippen LogP contribution >= 0.6 is 0 Å². The number of aryl methyl sites for hydroxylation is 1. The number of methoxy groups -OCH3 is 1. The van der Waals surface area contributed by atoms with E-state index in [1.54, 1.807) is 7.11 Å². The fourth-order valence-corrected chi connectivity index (χ4v) is 3.81. The molecule has 2 saturated heterocycles. The third-order valence-electron chi connectivity index (χ3n) is 5.34. The Morgan fingerprint density at radius 1 is 1.29 bits per heavy atom. The molecule has 2 fully saturated rings. The van der Waals surface area contributed by atoms with E-state index in [0.29, 0.717) is 0 Å². The van der Waals surface area contributed by atoms with Crippen LogP contribution in [0.3, 0.4) is 0 Å². The predicted molar refractivity (Wildman–Crippen MR) is 90.8 cm³/mol. The number of nitrogens with zero attached hydrogens (tertiary/aromatic N) is 1. The molecular weight excluding hydrogens is 306 g/mol. The summed E-state index contributed by atoms with van der Waals surface area (Å²) < 4.78 is 5.30. The lowest BCUT2D eigenvalue weighted by Crippen LogP contribution is -2.53. The van der Waals surface area contributed by atoms with E-state index in [-0.39, 0.29) is 17.9 Å². The summed E-state index contributed by atoms with van der Waals surface area (Å²) in [6.45, 7) is 6.63. The number of ether oxygens (including phenoxy) is 1. The van der Waals surface area contributed by atoms with Crippen molar-refractivity contribution in [1.29, 1.82) is 0 Å². The molecule has 1 unspecified atom stereocenters. The zero-order chi connectivity index (χ0) is 17.3. The Hall–Kier alpha value is -2.08. The summed E-state index contributed by atoms with van der Waals surface area (Å²) in [7, 11) is 1.69. The van der Waals surface area contributed by atoms with Crippen molar-refractivity contribution in [1.82, 2.24) is 15.5 Å². The van der Waals surface area contributed by atoms with Crippen LogP contribution < -0.4 is 15.4 Å². The van der Waals surface area contributed by atoms with Gasteiger partial charge >= 0.3 is 6.03 Å². The Morgan fingerprint density at radius 2 is 2.00 bits per heavy atom. The van der Waals surface area contributed by atoms with Gasteiger partial charge in [0.1, 0.15) is 11.3 Å². The number of carbonyl (C=O) groups excluding carboxylic acids is 2. The van der Waals surface area contributed by atoms with Gasteiger partial charge in [0.25, 0.3) is 5.91 Å². The number of hydrogen-bond acceptors (Lipinski definition) is 4. The zero-order valence-corrected chi connectivity index (χ0v) is 14.5. The number of urea groups is 1. The van der Waals surface area contributed by atoms with E-state index in [2.05, 4.69) is 34.6 Å². The lowest BCUT2D eigenvalue weighted by atomic mass is 9.79. The van der Waals surface area contributed by atoms with Gasteiger partial charge in [-0.25, -0.2) is 4.79 Å². The smallest absolute Gasteiger partial charge is 0.322 e. The number of hydrogen-bond donors (Lipinski definition) is 2. The third-order valence-corrected chi connectivity index (χ3v) is 5.34. The van der Waals surface area contributed by atoms with Gasteiger partial charge in [-0.2, -0.15) is 0 Å². The second kappa shape index (κ2) is 6.43. The van der Waals surface area contributed by atoms with Crippen molar-refractivity contribution in [3.63, 3.8) is 0 Å². The van der Waals surface area contributed by atoms with E-state index >= 15 is 0 Å². The lowest BCUT2D eigenvalue weighted by molar-refractivity contribution is -0.125.